The van der Waals surface area contributed by atoms with E-state index in [0.29, 0.717) is 30.4 Å². The molecule has 0 saturated heterocycles. The molecule has 2 rings (SSSR count). The molecule has 0 bridgehead atoms. The van der Waals surface area contributed by atoms with Gasteiger partial charge in [-0.2, -0.15) is 0 Å². The topological polar surface area (TPSA) is 363 Å². The van der Waals surface area contributed by atoms with Crippen molar-refractivity contribution in [3.8, 4) is 5.75 Å². The van der Waals surface area contributed by atoms with E-state index in [4.69, 9.17) is 22.9 Å². The zero-order valence-electron chi connectivity index (χ0n) is 55.6. The molecular weight excluding hydrogens is 1140 g/mol. The number of aliphatic imine (C=N–C) groups is 2. The number of carbonyl (C=O) groups excluding carboxylic acids is 9. The number of guanidine groups is 2. The molecule has 2 aromatic carbocycles. The molecule has 0 spiro atoms. The highest BCUT2D eigenvalue weighted by Crippen LogP contribution is 2.24. The van der Waals surface area contributed by atoms with Gasteiger partial charge in [-0.25, -0.2) is 0 Å². The second-order valence-corrected chi connectivity index (χ2v) is 25.3. The third-order valence-electron chi connectivity index (χ3n) is 16.2. The van der Waals surface area contributed by atoms with E-state index in [2.05, 4.69) is 43.5 Å². The normalized spacial score (nSPS) is 13.9. The number of rotatable bonds is 50. The van der Waals surface area contributed by atoms with Crippen LogP contribution in [0.1, 0.15) is 221 Å². The lowest BCUT2D eigenvalue weighted by Gasteiger charge is -2.27. The van der Waals surface area contributed by atoms with E-state index < -0.39 is 95.4 Å². The van der Waals surface area contributed by atoms with E-state index in [9.17, 15) is 48.3 Å². The van der Waals surface area contributed by atoms with Crippen molar-refractivity contribution in [3.05, 3.63) is 65.7 Å². The number of nitrogens with one attached hydrogen (secondary N) is 5. The Morgan fingerprint density at radius 3 is 1.43 bits per heavy atom. The zero-order chi connectivity index (χ0) is 67.0. The van der Waals surface area contributed by atoms with Gasteiger partial charge < -0.3 is 54.6 Å². The van der Waals surface area contributed by atoms with Crippen molar-refractivity contribution >= 4 is 64.6 Å². The molecule has 0 saturated carbocycles. The van der Waals surface area contributed by atoms with Gasteiger partial charge in [-0.1, -0.05) is 161 Å². The third-order valence-corrected chi connectivity index (χ3v) is 16.2. The molecule has 14 N–H and O–H groups in total. The smallest absolute Gasteiger partial charge is 0.243 e. The third kappa shape index (κ3) is 34.7. The number of benzene rings is 2. The minimum atomic E-state index is -1.24. The average Bonchev–Trinajstić information content (AvgIpc) is 3.29. The first-order chi connectivity index (χ1) is 42.8. The highest BCUT2D eigenvalue weighted by Gasteiger charge is 2.35. The number of phenolic OH excluding ortho intramolecular Hbond substituents is 1. The van der Waals surface area contributed by atoms with E-state index >= 15 is 0 Å². The van der Waals surface area contributed by atoms with Crippen molar-refractivity contribution in [1.82, 2.24) is 26.6 Å². The Balaban J connectivity index is 2.43. The summed E-state index contributed by atoms with van der Waals surface area (Å²) in [6.07, 6.45) is 16.0. The van der Waals surface area contributed by atoms with Crippen molar-refractivity contribution in [1.29, 1.82) is 0 Å². The summed E-state index contributed by atoms with van der Waals surface area (Å²) in [4.78, 5) is 135. The van der Waals surface area contributed by atoms with Crippen LogP contribution in [0.25, 0.3) is 0 Å². The summed E-state index contributed by atoms with van der Waals surface area (Å²) in [5.74, 6) is -7.53. The Bertz CT molecular complexity index is 2550. The molecular formula is C69H113N11O10. The van der Waals surface area contributed by atoms with Crippen LogP contribution in [0.5, 0.6) is 5.75 Å². The maximum Gasteiger partial charge on any atom is 0.243 e. The van der Waals surface area contributed by atoms with Crippen LogP contribution in [0.3, 0.4) is 0 Å². The average molecular weight is 1260 g/mol. The first kappa shape index (κ1) is 78.9. The predicted molar refractivity (Wildman–Crippen MR) is 357 cm³/mol. The van der Waals surface area contributed by atoms with Crippen molar-refractivity contribution < 1.29 is 48.3 Å². The lowest BCUT2D eigenvalue weighted by Crippen LogP contribution is -2.52. The first-order valence-electron chi connectivity index (χ1n) is 33.4. The largest absolute Gasteiger partial charge is 0.508 e. The molecule has 5 amide bonds. The Kier molecular flexibility index (Phi) is 39.6. The number of aromatic hydroxyl groups is 1. The Morgan fingerprint density at radius 1 is 0.433 bits per heavy atom. The van der Waals surface area contributed by atoms with Gasteiger partial charge in [0.25, 0.3) is 0 Å². The lowest BCUT2D eigenvalue weighted by atomic mass is 9.87. The Labute approximate surface area is 536 Å². The number of unbranched alkanes of at least 4 members (excludes halogenated alkanes) is 12. The molecule has 90 heavy (non-hydrogen) atoms. The van der Waals surface area contributed by atoms with Crippen LogP contribution in [0.15, 0.2) is 64.6 Å². The first-order valence-corrected chi connectivity index (χ1v) is 33.4. The predicted octanol–water partition coefficient (Wildman–Crippen LogP) is 8.03. The number of hydrogen-bond donors (Lipinski definition) is 10. The number of nitrogens with zero attached hydrogens (tertiary/aromatic N) is 2. The van der Waals surface area contributed by atoms with E-state index in [-0.39, 0.29) is 118 Å². The monoisotopic (exact) mass is 1260 g/mol. The van der Waals surface area contributed by atoms with Gasteiger partial charge in [0.05, 0.1) is 24.2 Å². The van der Waals surface area contributed by atoms with Gasteiger partial charge in [0.15, 0.2) is 35.1 Å². The molecule has 2 aromatic rings. The van der Waals surface area contributed by atoms with E-state index in [0.717, 1.165) is 19.3 Å². The fraction of sp³-hybridized carbons (Fsp3) is 0.667. The molecule has 0 fully saturated rings. The van der Waals surface area contributed by atoms with Gasteiger partial charge in [0.1, 0.15) is 11.8 Å². The minimum absolute atomic E-state index is 0.00000844. The van der Waals surface area contributed by atoms with Crippen molar-refractivity contribution in [2.45, 2.75) is 253 Å². The summed E-state index contributed by atoms with van der Waals surface area (Å²) >= 11 is 0. The Morgan fingerprint density at radius 2 is 0.889 bits per heavy atom. The standard InChI is InChI=1S/C69H113N11O10/c1-9-11-12-13-14-15-16-17-18-19-20-21-25-32-63(86)78-58(40-47(5)6)67(90)77-49(8)60(83)44-54(41-51-33-35-55(81)36-34-51)66(89)80-57(42-50-28-23-22-24-29-50)62(85)43-52(30-26-37-74-68(70)71)64(87)79-56(31-27-38-75-69(72)73)61(84)45-53(39-46(3)4)65(88)76-48(7)59(82)10-2/h22-24,28-29,33-36,46-49,52-54,56-58,81H,9-21,25-27,30-32,37-45H2,1-8H3,(H,76,88)(H,77,90)(H,78,86)(H,79,87)(H,80,89)(H4,70,71,74)(H4,72,73,75)/t48-,49-,52+,53+,54+,56-,57-,58-/m0/s1. The summed E-state index contributed by atoms with van der Waals surface area (Å²) in [6, 6.07) is 9.95. The number of Topliss-reactive ketones (excluding diaryl/α,β-unsaturated/α-hetero) is 4. The van der Waals surface area contributed by atoms with E-state index in [1.54, 1.807) is 56.3 Å². The van der Waals surface area contributed by atoms with Crippen LogP contribution in [-0.4, -0.2) is 113 Å². The van der Waals surface area contributed by atoms with Crippen LogP contribution in [-0.2, 0) is 56.0 Å². The van der Waals surface area contributed by atoms with Gasteiger partial charge in [-0.15, -0.1) is 0 Å². The maximum absolute atomic E-state index is 15.0. The quantitative estimate of drug-likeness (QED) is 0.0170. The minimum Gasteiger partial charge on any atom is -0.508 e. The molecule has 0 heterocycles. The zero-order valence-corrected chi connectivity index (χ0v) is 55.6. The van der Waals surface area contributed by atoms with Crippen LogP contribution in [0.4, 0.5) is 0 Å². The maximum atomic E-state index is 15.0. The summed E-state index contributed by atoms with van der Waals surface area (Å²) in [6.45, 7) is 15.0. The van der Waals surface area contributed by atoms with Gasteiger partial charge in [0, 0.05) is 62.9 Å². The molecule has 0 unspecified atom stereocenters. The number of hydrogen-bond acceptors (Lipinski definition) is 12. The molecule has 8 atom stereocenters. The summed E-state index contributed by atoms with van der Waals surface area (Å²) in [7, 11) is 0. The number of carbonyl (C=O) groups is 9. The van der Waals surface area contributed by atoms with E-state index in [1.165, 1.54) is 76.8 Å². The molecule has 0 aliphatic carbocycles. The fourth-order valence-electron chi connectivity index (χ4n) is 11.0. The highest BCUT2D eigenvalue weighted by molar-refractivity contribution is 5.98. The van der Waals surface area contributed by atoms with Crippen molar-refractivity contribution in [3.63, 3.8) is 0 Å². The summed E-state index contributed by atoms with van der Waals surface area (Å²) in [5.41, 5.74) is 23.8. The number of phenols is 1. The van der Waals surface area contributed by atoms with Crippen molar-refractivity contribution in [2.75, 3.05) is 13.1 Å². The van der Waals surface area contributed by atoms with Crippen LogP contribution < -0.4 is 49.5 Å². The van der Waals surface area contributed by atoms with Gasteiger partial charge in [0.2, 0.25) is 29.5 Å². The number of ketones is 4. The number of nitrogens with two attached hydrogens (primary N) is 4. The second-order valence-electron chi connectivity index (χ2n) is 25.3. The molecule has 0 aliphatic rings. The van der Waals surface area contributed by atoms with Crippen LogP contribution >= 0.6 is 0 Å². The summed E-state index contributed by atoms with van der Waals surface area (Å²) < 4.78 is 0. The molecule has 0 aliphatic heterocycles. The Hall–Kier alpha value is -7.19. The molecule has 0 aromatic heterocycles. The molecule has 21 nitrogen and oxygen atoms in total. The lowest BCUT2D eigenvalue weighted by molar-refractivity contribution is -0.136. The highest BCUT2D eigenvalue weighted by atomic mass is 16.3. The number of amides is 5. The molecule has 21 heteroatoms. The SMILES string of the molecule is CCCCCCCCCCCCCCCC(=O)N[C@@H](CC(C)C)C(=O)N[C@@H](C)C(=O)C[C@@H](Cc1ccc(O)cc1)C(=O)N[C@@H](Cc1ccccc1)C(=O)C[C@@H](CCCN=C(N)N)C(=O)N[C@@H](CCCN=C(N)N)C(=O)C[C@@H](CC(C)C)C(=O)N[C@@H](C)C(=O)CC. The van der Waals surface area contributed by atoms with Crippen molar-refractivity contribution in [2.24, 2.45) is 62.5 Å². The van der Waals surface area contributed by atoms with Gasteiger partial charge in [-0.05, 0) is 107 Å². The van der Waals surface area contributed by atoms with Crippen LogP contribution in [0, 0.1) is 29.6 Å². The fourth-order valence-corrected chi connectivity index (χ4v) is 11.0. The summed E-state index contributed by atoms with van der Waals surface area (Å²) in [5, 5.41) is 24.4. The second kappa shape index (κ2) is 45.1. The van der Waals surface area contributed by atoms with Gasteiger partial charge >= 0.3 is 0 Å². The van der Waals surface area contributed by atoms with Crippen LogP contribution in [0.2, 0.25) is 0 Å². The molecule has 0 radical (unpaired) electrons. The van der Waals surface area contributed by atoms with E-state index in [1.807, 2.05) is 27.7 Å². The van der Waals surface area contributed by atoms with Gasteiger partial charge in [-0.3, -0.25) is 53.1 Å². The molecule has 504 valence electrons.